The molecule has 0 saturated carbocycles. The third kappa shape index (κ3) is 3.31. The van der Waals surface area contributed by atoms with E-state index in [-0.39, 0.29) is 12.5 Å². The first-order valence-electron chi connectivity index (χ1n) is 7.02. The number of aryl methyl sites for hydroxylation is 2. The lowest BCUT2D eigenvalue weighted by molar-refractivity contribution is 0.0849. The maximum Gasteiger partial charge on any atom is 0.252 e. The number of hydrogen-bond donors (Lipinski definition) is 2. The van der Waals surface area contributed by atoms with Crippen LogP contribution in [0.15, 0.2) is 48.5 Å². The van der Waals surface area contributed by atoms with E-state index in [1.807, 2.05) is 69.3 Å². The van der Waals surface area contributed by atoms with E-state index in [4.69, 9.17) is 0 Å². The van der Waals surface area contributed by atoms with Crippen LogP contribution in [0.25, 0.3) is 0 Å². The number of benzene rings is 2. The van der Waals surface area contributed by atoms with E-state index in [1.165, 1.54) is 0 Å². The largest absolute Gasteiger partial charge is 0.394 e. The molecule has 0 aromatic heterocycles. The fourth-order valence-corrected chi connectivity index (χ4v) is 2.40. The van der Waals surface area contributed by atoms with Crippen LogP contribution in [0.4, 0.5) is 0 Å². The fraction of sp³-hybridized carbons (Fsp3) is 0.278. The summed E-state index contributed by atoms with van der Waals surface area (Å²) in [5.74, 6) is -0.173. The number of carbonyl (C=O) groups excluding carboxylic acids is 1. The van der Waals surface area contributed by atoms with E-state index in [2.05, 4.69) is 5.32 Å². The van der Waals surface area contributed by atoms with E-state index in [0.29, 0.717) is 5.56 Å². The second-order valence-corrected chi connectivity index (χ2v) is 5.63. The van der Waals surface area contributed by atoms with Gasteiger partial charge in [-0.25, -0.2) is 0 Å². The summed E-state index contributed by atoms with van der Waals surface area (Å²) in [5, 5.41) is 12.7. The number of aliphatic hydroxyl groups excluding tert-OH is 1. The van der Waals surface area contributed by atoms with Crippen molar-refractivity contribution < 1.29 is 9.90 Å². The lowest BCUT2D eigenvalue weighted by atomic mass is 9.92. The first-order chi connectivity index (χ1) is 9.96. The topological polar surface area (TPSA) is 49.3 Å². The van der Waals surface area contributed by atoms with Gasteiger partial charge in [-0.1, -0.05) is 48.0 Å². The second-order valence-electron chi connectivity index (χ2n) is 5.63. The van der Waals surface area contributed by atoms with Crippen LogP contribution in [-0.2, 0) is 5.54 Å². The number of aliphatic hydroxyl groups is 1. The number of hydrogen-bond acceptors (Lipinski definition) is 2. The van der Waals surface area contributed by atoms with Gasteiger partial charge < -0.3 is 10.4 Å². The maximum absolute atomic E-state index is 12.5. The summed E-state index contributed by atoms with van der Waals surface area (Å²) >= 11 is 0. The molecule has 21 heavy (non-hydrogen) atoms. The van der Waals surface area contributed by atoms with Crippen LogP contribution in [0.1, 0.15) is 34.0 Å². The summed E-state index contributed by atoms with van der Waals surface area (Å²) in [7, 11) is 0. The number of amides is 1. The molecule has 3 heteroatoms. The van der Waals surface area contributed by atoms with Crippen molar-refractivity contribution in [1.29, 1.82) is 0 Å². The Bertz CT molecular complexity index is 637. The van der Waals surface area contributed by atoms with Gasteiger partial charge in [-0.15, -0.1) is 0 Å². The molecule has 1 atom stereocenters. The summed E-state index contributed by atoms with van der Waals surface area (Å²) in [5.41, 5.74) is 2.77. The molecule has 0 saturated heterocycles. The van der Waals surface area contributed by atoms with Crippen molar-refractivity contribution in [1.82, 2.24) is 5.32 Å². The first-order valence-corrected chi connectivity index (χ1v) is 7.02. The quantitative estimate of drug-likeness (QED) is 0.906. The highest BCUT2D eigenvalue weighted by molar-refractivity contribution is 5.96. The smallest absolute Gasteiger partial charge is 0.252 e. The zero-order chi connectivity index (χ0) is 15.5. The minimum Gasteiger partial charge on any atom is -0.394 e. The van der Waals surface area contributed by atoms with Crippen LogP contribution in [-0.4, -0.2) is 17.6 Å². The van der Waals surface area contributed by atoms with Crippen LogP contribution < -0.4 is 5.32 Å². The predicted octanol–water partition coefficient (Wildman–Crippen LogP) is 2.94. The Morgan fingerprint density at radius 1 is 1.14 bits per heavy atom. The van der Waals surface area contributed by atoms with Crippen LogP contribution in [0, 0.1) is 13.8 Å². The Morgan fingerprint density at radius 3 is 2.38 bits per heavy atom. The van der Waals surface area contributed by atoms with Crippen LogP contribution >= 0.6 is 0 Å². The second kappa shape index (κ2) is 6.10. The summed E-state index contributed by atoms with van der Waals surface area (Å²) in [6.07, 6.45) is 0. The van der Waals surface area contributed by atoms with Gasteiger partial charge in [0.15, 0.2) is 0 Å². The van der Waals surface area contributed by atoms with Gasteiger partial charge in [-0.05, 0) is 38.0 Å². The third-order valence-electron chi connectivity index (χ3n) is 3.74. The van der Waals surface area contributed by atoms with Crippen molar-refractivity contribution in [3.63, 3.8) is 0 Å². The molecule has 0 aliphatic heterocycles. The monoisotopic (exact) mass is 283 g/mol. The molecule has 0 aliphatic rings. The van der Waals surface area contributed by atoms with Crippen molar-refractivity contribution in [3.05, 3.63) is 70.8 Å². The molecule has 2 rings (SSSR count). The molecule has 2 aromatic rings. The van der Waals surface area contributed by atoms with Gasteiger partial charge in [0.2, 0.25) is 0 Å². The molecule has 0 heterocycles. The molecule has 0 fully saturated rings. The normalized spacial score (nSPS) is 13.5. The van der Waals surface area contributed by atoms with Crippen molar-refractivity contribution in [3.8, 4) is 0 Å². The van der Waals surface area contributed by atoms with Gasteiger partial charge in [-0.3, -0.25) is 4.79 Å². The molecule has 110 valence electrons. The predicted molar refractivity (Wildman–Crippen MR) is 84.3 cm³/mol. The van der Waals surface area contributed by atoms with Gasteiger partial charge >= 0.3 is 0 Å². The van der Waals surface area contributed by atoms with E-state index in [0.717, 1.165) is 16.7 Å². The lowest BCUT2D eigenvalue weighted by Gasteiger charge is -2.29. The van der Waals surface area contributed by atoms with Gasteiger partial charge in [0.1, 0.15) is 0 Å². The number of rotatable bonds is 4. The van der Waals surface area contributed by atoms with Crippen molar-refractivity contribution >= 4 is 5.91 Å². The first kappa shape index (κ1) is 15.3. The maximum atomic E-state index is 12.5. The summed E-state index contributed by atoms with van der Waals surface area (Å²) in [4.78, 5) is 12.5. The van der Waals surface area contributed by atoms with E-state index in [1.54, 1.807) is 0 Å². The summed E-state index contributed by atoms with van der Waals surface area (Å²) in [6, 6.07) is 15.2. The standard InChI is InChI=1S/C18H21NO2/c1-13-9-10-16(14(2)11-13)17(21)19-18(3,12-20)15-7-5-4-6-8-15/h4-11,20H,12H2,1-3H3,(H,19,21). The molecule has 2 aromatic carbocycles. The SMILES string of the molecule is Cc1ccc(C(=O)NC(C)(CO)c2ccccc2)c(C)c1. The van der Waals surface area contributed by atoms with Crippen LogP contribution in [0.2, 0.25) is 0 Å². The zero-order valence-electron chi connectivity index (χ0n) is 12.7. The molecule has 0 spiro atoms. The van der Waals surface area contributed by atoms with Gasteiger partial charge in [0, 0.05) is 5.56 Å². The van der Waals surface area contributed by atoms with Gasteiger partial charge in [-0.2, -0.15) is 0 Å². The average Bonchev–Trinajstić information content (AvgIpc) is 2.47. The Hall–Kier alpha value is -2.13. The Balaban J connectivity index is 2.28. The molecule has 2 N–H and O–H groups in total. The fourth-order valence-electron chi connectivity index (χ4n) is 2.40. The molecule has 0 bridgehead atoms. The zero-order valence-corrected chi connectivity index (χ0v) is 12.7. The van der Waals surface area contributed by atoms with Gasteiger partial charge in [0.25, 0.3) is 5.91 Å². The Morgan fingerprint density at radius 2 is 1.81 bits per heavy atom. The highest BCUT2D eigenvalue weighted by Gasteiger charge is 2.28. The molecule has 3 nitrogen and oxygen atoms in total. The van der Waals surface area contributed by atoms with E-state index >= 15 is 0 Å². The number of nitrogens with one attached hydrogen (secondary N) is 1. The lowest BCUT2D eigenvalue weighted by Crippen LogP contribution is -2.46. The molecule has 1 unspecified atom stereocenters. The van der Waals surface area contributed by atoms with Crippen LogP contribution in [0.3, 0.4) is 0 Å². The highest BCUT2D eigenvalue weighted by Crippen LogP contribution is 2.21. The molecule has 0 aliphatic carbocycles. The minimum atomic E-state index is -0.796. The van der Waals surface area contributed by atoms with Gasteiger partial charge in [0.05, 0.1) is 12.1 Å². The van der Waals surface area contributed by atoms with E-state index in [9.17, 15) is 9.90 Å². The van der Waals surface area contributed by atoms with Crippen LogP contribution in [0.5, 0.6) is 0 Å². The van der Waals surface area contributed by atoms with Crippen molar-refractivity contribution in [2.24, 2.45) is 0 Å². The van der Waals surface area contributed by atoms with E-state index < -0.39 is 5.54 Å². The Labute approximate surface area is 125 Å². The highest BCUT2D eigenvalue weighted by atomic mass is 16.3. The van der Waals surface area contributed by atoms with Crippen molar-refractivity contribution in [2.45, 2.75) is 26.3 Å². The molecular weight excluding hydrogens is 262 g/mol. The Kier molecular flexibility index (Phi) is 4.43. The molecule has 0 radical (unpaired) electrons. The minimum absolute atomic E-state index is 0.159. The number of carbonyl (C=O) groups is 1. The van der Waals surface area contributed by atoms with Crippen molar-refractivity contribution in [2.75, 3.05) is 6.61 Å². The molecular formula is C18H21NO2. The molecule has 1 amide bonds. The average molecular weight is 283 g/mol. The summed E-state index contributed by atoms with van der Waals surface area (Å²) in [6.45, 7) is 5.58. The third-order valence-corrected chi connectivity index (χ3v) is 3.74. The summed E-state index contributed by atoms with van der Waals surface area (Å²) < 4.78 is 0.